The Labute approximate surface area is 79.4 Å². The first kappa shape index (κ1) is 9.99. The molecule has 72 valence electrons. The van der Waals surface area contributed by atoms with Gasteiger partial charge in [0.15, 0.2) is 0 Å². The minimum absolute atomic E-state index is 0.128. The summed E-state index contributed by atoms with van der Waals surface area (Å²) in [6, 6.07) is 3.81. The molecular formula is C10H17N3. The summed E-state index contributed by atoms with van der Waals surface area (Å²) in [5.74, 6) is 0. The summed E-state index contributed by atoms with van der Waals surface area (Å²) in [5, 5.41) is 3.35. The molecule has 3 heteroatoms. The lowest BCUT2D eigenvalue weighted by atomic mass is 10.1. The number of rotatable bonds is 2. The van der Waals surface area contributed by atoms with Crippen molar-refractivity contribution in [3.05, 3.63) is 24.0 Å². The largest absolute Gasteiger partial charge is 0.397 e. The summed E-state index contributed by atoms with van der Waals surface area (Å²) in [5.41, 5.74) is 7.38. The van der Waals surface area contributed by atoms with Crippen LogP contribution in [0.15, 0.2) is 18.3 Å². The third-order valence-electron chi connectivity index (χ3n) is 1.65. The second kappa shape index (κ2) is 3.75. The van der Waals surface area contributed by atoms with Gasteiger partial charge in [0.1, 0.15) is 0 Å². The molecule has 0 aliphatic carbocycles. The Balaban J connectivity index is 2.51. The zero-order valence-electron chi connectivity index (χ0n) is 8.46. The van der Waals surface area contributed by atoms with Crippen molar-refractivity contribution in [3.8, 4) is 0 Å². The molecule has 0 aromatic carbocycles. The molecule has 1 aromatic heterocycles. The number of anilines is 1. The van der Waals surface area contributed by atoms with Crippen LogP contribution >= 0.6 is 0 Å². The minimum atomic E-state index is 0.128. The van der Waals surface area contributed by atoms with Crippen LogP contribution in [-0.2, 0) is 6.54 Å². The SMILES string of the molecule is CC(C)(C)NCc1ccc(N)cn1. The Hall–Kier alpha value is -1.09. The molecule has 0 aliphatic heterocycles. The number of hydrogen-bond donors (Lipinski definition) is 2. The number of aromatic nitrogens is 1. The first-order valence-electron chi connectivity index (χ1n) is 4.43. The van der Waals surface area contributed by atoms with Crippen molar-refractivity contribution in [2.75, 3.05) is 5.73 Å². The van der Waals surface area contributed by atoms with Gasteiger partial charge in [-0.2, -0.15) is 0 Å². The van der Waals surface area contributed by atoms with Crippen LogP contribution in [0.5, 0.6) is 0 Å². The normalized spacial score (nSPS) is 11.6. The fraction of sp³-hybridized carbons (Fsp3) is 0.500. The molecule has 0 bridgehead atoms. The lowest BCUT2D eigenvalue weighted by Crippen LogP contribution is -2.35. The van der Waals surface area contributed by atoms with E-state index in [4.69, 9.17) is 5.73 Å². The summed E-state index contributed by atoms with van der Waals surface area (Å²) < 4.78 is 0. The van der Waals surface area contributed by atoms with Crippen LogP contribution in [0.2, 0.25) is 0 Å². The highest BCUT2D eigenvalue weighted by Crippen LogP contribution is 2.04. The molecule has 0 unspecified atom stereocenters. The standard InChI is InChI=1S/C10H17N3/c1-10(2,3)13-7-9-5-4-8(11)6-12-9/h4-6,13H,7,11H2,1-3H3. The van der Waals surface area contributed by atoms with Gasteiger partial charge in [-0.15, -0.1) is 0 Å². The molecule has 0 fully saturated rings. The van der Waals surface area contributed by atoms with Gasteiger partial charge in [0.05, 0.1) is 17.6 Å². The van der Waals surface area contributed by atoms with Crippen molar-refractivity contribution in [2.45, 2.75) is 32.9 Å². The number of nitrogens with zero attached hydrogens (tertiary/aromatic N) is 1. The summed E-state index contributed by atoms with van der Waals surface area (Å²) in [6.45, 7) is 7.17. The molecule has 1 aromatic rings. The molecule has 0 amide bonds. The highest BCUT2D eigenvalue weighted by atomic mass is 15.0. The highest BCUT2D eigenvalue weighted by molar-refractivity contribution is 5.34. The van der Waals surface area contributed by atoms with Crippen molar-refractivity contribution < 1.29 is 0 Å². The van der Waals surface area contributed by atoms with Crippen LogP contribution in [0.4, 0.5) is 5.69 Å². The zero-order chi connectivity index (χ0) is 9.90. The van der Waals surface area contributed by atoms with E-state index in [-0.39, 0.29) is 5.54 Å². The molecule has 0 spiro atoms. The average Bonchev–Trinajstić information content (AvgIpc) is 2.02. The van der Waals surface area contributed by atoms with Crippen LogP contribution in [-0.4, -0.2) is 10.5 Å². The first-order chi connectivity index (χ1) is 5.97. The quantitative estimate of drug-likeness (QED) is 0.724. The zero-order valence-corrected chi connectivity index (χ0v) is 8.46. The fourth-order valence-electron chi connectivity index (χ4n) is 0.896. The van der Waals surface area contributed by atoms with E-state index < -0.39 is 0 Å². The molecule has 13 heavy (non-hydrogen) atoms. The van der Waals surface area contributed by atoms with Crippen molar-refractivity contribution >= 4 is 5.69 Å². The predicted molar refractivity (Wildman–Crippen MR) is 55.2 cm³/mol. The molecule has 0 radical (unpaired) electrons. The molecule has 0 saturated carbocycles. The van der Waals surface area contributed by atoms with E-state index in [0.717, 1.165) is 12.2 Å². The average molecular weight is 179 g/mol. The van der Waals surface area contributed by atoms with Crippen LogP contribution in [0, 0.1) is 0 Å². The third-order valence-corrected chi connectivity index (χ3v) is 1.65. The lowest BCUT2D eigenvalue weighted by Gasteiger charge is -2.20. The smallest absolute Gasteiger partial charge is 0.0543 e. The second-order valence-electron chi connectivity index (χ2n) is 4.19. The van der Waals surface area contributed by atoms with Crippen molar-refractivity contribution in [1.29, 1.82) is 0 Å². The molecule has 3 N–H and O–H groups in total. The molecule has 0 atom stereocenters. The van der Waals surface area contributed by atoms with E-state index in [1.165, 1.54) is 0 Å². The summed E-state index contributed by atoms with van der Waals surface area (Å²) in [6.07, 6.45) is 1.68. The van der Waals surface area contributed by atoms with Gasteiger partial charge in [-0.3, -0.25) is 4.98 Å². The van der Waals surface area contributed by atoms with Gasteiger partial charge in [-0.1, -0.05) is 0 Å². The first-order valence-corrected chi connectivity index (χ1v) is 4.43. The highest BCUT2D eigenvalue weighted by Gasteiger charge is 2.08. The van der Waals surface area contributed by atoms with Gasteiger partial charge in [0, 0.05) is 12.1 Å². The number of hydrogen-bond acceptors (Lipinski definition) is 3. The fourth-order valence-corrected chi connectivity index (χ4v) is 0.896. The monoisotopic (exact) mass is 179 g/mol. The maximum Gasteiger partial charge on any atom is 0.0543 e. The molecule has 1 heterocycles. The number of nitrogens with two attached hydrogens (primary N) is 1. The van der Waals surface area contributed by atoms with Crippen molar-refractivity contribution in [3.63, 3.8) is 0 Å². The van der Waals surface area contributed by atoms with Crippen LogP contribution in [0.3, 0.4) is 0 Å². The number of nitrogen functional groups attached to an aromatic ring is 1. The maximum atomic E-state index is 5.53. The van der Waals surface area contributed by atoms with E-state index in [1.54, 1.807) is 6.20 Å². The molecule has 3 nitrogen and oxygen atoms in total. The maximum absolute atomic E-state index is 5.53. The molecule has 0 aliphatic rings. The van der Waals surface area contributed by atoms with E-state index in [9.17, 15) is 0 Å². The van der Waals surface area contributed by atoms with Gasteiger partial charge in [0.25, 0.3) is 0 Å². The van der Waals surface area contributed by atoms with E-state index >= 15 is 0 Å². The molecule has 0 saturated heterocycles. The van der Waals surface area contributed by atoms with Gasteiger partial charge in [-0.25, -0.2) is 0 Å². The summed E-state index contributed by atoms with van der Waals surface area (Å²) in [4.78, 5) is 4.19. The Morgan fingerprint density at radius 3 is 2.54 bits per heavy atom. The van der Waals surface area contributed by atoms with Gasteiger partial charge in [-0.05, 0) is 32.9 Å². The van der Waals surface area contributed by atoms with Crippen LogP contribution < -0.4 is 11.1 Å². The third kappa shape index (κ3) is 3.90. The predicted octanol–water partition coefficient (Wildman–Crippen LogP) is 1.55. The Bertz CT molecular complexity index is 258. The van der Waals surface area contributed by atoms with Crippen LogP contribution in [0.1, 0.15) is 26.5 Å². The molecule has 1 rings (SSSR count). The van der Waals surface area contributed by atoms with Crippen molar-refractivity contribution in [1.82, 2.24) is 10.3 Å². The van der Waals surface area contributed by atoms with E-state index in [2.05, 4.69) is 31.1 Å². The minimum Gasteiger partial charge on any atom is -0.397 e. The van der Waals surface area contributed by atoms with Crippen molar-refractivity contribution in [2.24, 2.45) is 0 Å². The van der Waals surface area contributed by atoms with Gasteiger partial charge >= 0.3 is 0 Å². The lowest BCUT2D eigenvalue weighted by molar-refractivity contribution is 0.421. The van der Waals surface area contributed by atoms with Crippen LogP contribution in [0.25, 0.3) is 0 Å². The summed E-state index contributed by atoms with van der Waals surface area (Å²) in [7, 11) is 0. The number of nitrogens with one attached hydrogen (secondary N) is 1. The number of pyridine rings is 1. The Kier molecular flexibility index (Phi) is 2.88. The van der Waals surface area contributed by atoms with E-state index in [1.807, 2.05) is 12.1 Å². The van der Waals surface area contributed by atoms with Gasteiger partial charge in [0.2, 0.25) is 0 Å². The Morgan fingerprint density at radius 1 is 1.38 bits per heavy atom. The second-order valence-corrected chi connectivity index (χ2v) is 4.19. The van der Waals surface area contributed by atoms with E-state index in [0.29, 0.717) is 5.69 Å². The molecular weight excluding hydrogens is 162 g/mol. The van der Waals surface area contributed by atoms with Gasteiger partial charge < -0.3 is 11.1 Å². The summed E-state index contributed by atoms with van der Waals surface area (Å²) >= 11 is 0. The topological polar surface area (TPSA) is 50.9 Å². The Morgan fingerprint density at radius 2 is 2.08 bits per heavy atom.